The van der Waals surface area contributed by atoms with Gasteiger partial charge in [-0.15, -0.1) is 0 Å². The third kappa shape index (κ3) is 5.67. The molecule has 1 heterocycles. The van der Waals surface area contributed by atoms with Crippen LogP contribution in [0.15, 0.2) is 55.0 Å². The average molecular weight is 424 g/mol. The number of amides is 2. The summed E-state index contributed by atoms with van der Waals surface area (Å²) in [6, 6.07) is 7.04. The summed E-state index contributed by atoms with van der Waals surface area (Å²) >= 11 is 0. The van der Waals surface area contributed by atoms with Crippen LogP contribution in [-0.4, -0.2) is 61.9 Å². The third-order valence-electron chi connectivity index (χ3n) is 4.63. The zero-order valence-corrected chi connectivity index (χ0v) is 18.6. The number of nitrogens with two attached hydrogens (primary N) is 1. The van der Waals surface area contributed by atoms with Crippen molar-refractivity contribution in [3.63, 3.8) is 0 Å². The highest BCUT2D eigenvalue weighted by Gasteiger charge is 2.21. The van der Waals surface area contributed by atoms with E-state index in [1.807, 2.05) is 25.9 Å². The Bertz CT molecular complexity index is 988. The van der Waals surface area contributed by atoms with E-state index in [-0.39, 0.29) is 11.7 Å². The lowest BCUT2D eigenvalue weighted by Crippen LogP contribution is -2.26. The van der Waals surface area contributed by atoms with Crippen LogP contribution in [0.3, 0.4) is 0 Å². The van der Waals surface area contributed by atoms with Gasteiger partial charge in [-0.1, -0.05) is 18.7 Å². The van der Waals surface area contributed by atoms with Gasteiger partial charge in [-0.25, -0.2) is 9.97 Å². The Morgan fingerprint density at radius 3 is 2.42 bits per heavy atom. The van der Waals surface area contributed by atoms with Crippen molar-refractivity contribution < 1.29 is 9.59 Å². The molecule has 0 spiro atoms. The van der Waals surface area contributed by atoms with E-state index in [2.05, 4.69) is 16.5 Å². The first-order valence-corrected chi connectivity index (χ1v) is 9.60. The molecule has 164 valence electrons. The van der Waals surface area contributed by atoms with Gasteiger partial charge in [0.1, 0.15) is 12.0 Å². The fraction of sp³-hybridized carbons (Fsp3) is 0.273. The van der Waals surface area contributed by atoms with E-state index >= 15 is 0 Å². The average Bonchev–Trinajstić information content (AvgIpc) is 2.73. The highest BCUT2D eigenvalue weighted by molar-refractivity contribution is 6.02. The molecule has 0 fully saturated rings. The molecule has 1 aromatic heterocycles. The molecule has 9 heteroatoms. The predicted octanol–water partition coefficient (Wildman–Crippen LogP) is 2.40. The van der Waals surface area contributed by atoms with Crippen LogP contribution in [0.5, 0.6) is 0 Å². The quantitative estimate of drug-likeness (QED) is 0.488. The number of hydrogen-bond acceptors (Lipinski definition) is 7. The molecule has 2 N–H and O–H groups in total. The number of nitrogens with zero attached hydrogens (tertiary/aromatic N) is 6. The summed E-state index contributed by atoms with van der Waals surface area (Å²) in [5, 5.41) is 0. The van der Waals surface area contributed by atoms with Gasteiger partial charge in [-0.05, 0) is 39.2 Å². The lowest BCUT2D eigenvalue weighted by Gasteiger charge is -2.27. The summed E-state index contributed by atoms with van der Waals surface area (Å²) < 4.78 is 0. The Morgan fingerprint density at radius 1 is 1.13 bits per heavy atom. The van der Waals surface area contributed by atoms with Crippen molar-refractivity contribution in [2.24, 2.45) is 0 Å². The monoisotopic (exact) mass is 423 g/mol. The Balaban J connectivity index is 2.42. The Hall–Kier alpha value is -3.72. The molecule has 0 aliphatic rings. The summed E-state index contributed by atoms with van der Waals surface area (Å²) in [5.74, 6) is 0.354. The van der Waals surface area contributed by atoms with E-state index in [0.717, 1.165) is 0 Å². The number of allylic oxidation sites excluding steroid dienone is 1. The number of nitrogen functional groups attached to an aromatic ring is 1. The maximum atomic E-state index is 12.5. The second-order valence-electron chi connectivity index (χ2n) is 7.28. The molecule has 1 aromatic carbocycles. The van der Waals surface area contributed by atoms with Crippen LogP contribution in [0.1, 0.15) is 6.92 Å². The molecule has 2 aromatic rings. The highest BCUT2D eigenvalue weighted by atomic mass is 16.2. The van der Waals surface area contributed by atoms with Gasteiger partial charge in [0.15, 0.2) is 11.6 Å². The standard InChI is InChI=1S/C22H29N7O2/c1-16(2)27(5)20-21(23)24-14-25-22(20)29(15-30)18-10-7-9-17(13-18)28(6)19(31)11-8-12-26(3)4/h7-11,13-15H,1,12H2,2-6H3,(H2,23,24,25)/b11-8+. The predicted molar refractivity (Wildman–Crippen MR) is 125 cm³/mol. The molecule has 0 aliphatic heterocycles. The van der Waals surface area contributed by atoms with Crippen molar-refractivity contribution in [3.8, 4) is 0 Å². The van der Waals surface area contributed by atoms with Crippen molar-refractivity contribution in [2.75, 3.05) is 55.2 Å². The summed E-state index contributed by atoms with van der Waals surface area (Å²) in [4.78, 5) is 39.4. The summed E-state index contributed by atoms with van der Waals surface area (Å²) in [6.45, 7) is 6.39. The van der Waals surface area contributed by atoms with Crippen LogP contribution in [0, 0.1) is 0 Å². The van der Waals surface area contributed by atoms with Crippen LogP contribution >= 0.6 is 0 Å². The number of hydrogen-bond donors (Lipinski definition) is 1. The van der Waals surface area contributed by atoms with E-state index in [9.17, 15) is 9.59 Å². The van der Waals surface area contributed by atoms with E-state index < -0.39 is 0 Å². The molecule has 9 nitrogen and oxygen atoms in total. The molecule has 2 amide bonds. The van der Waals surface area contributed by atoms with E-state index in [1.54, 1.807) is 49.3 Å². The molecular formula is C22H29N7O2. The topological polar surface area (TPSA) is 98.9 Å². The largest absolute Gasteiger partial charge is 0.382 e. The van der Waals surface area contributed by atoms with Crippen LogP contribution < -0.4 is 20.4 Å². The number of likely N-dealkylation sites (N-methyl/N-ethyl adjacent to an activating group) is 2. The second-order valence-corrected chi connectivity index (χ2v) is 7.28. The number of carbonyl (C=O) groups excluding carboxylic acids is 2. The minimum Gasteiger partial charge on any atom is -0.382 e. The van der Waals surface area contributed by atoms with Crippen molar-refractivity contribution >= 4 is 41.0 Å². The molecule has 0 aliphatic carbocycles. The van der Waals surface area contributed by atoms with Crippen molar-refractivity contribution in [2.45, 2.75) is 6.92 Å². The summed E-state index contributed by atoms with van der Waals surface area (Å²) in [7, 11) is 7.30. The van der Waals surface area contributed by atoms with Gasteiger partial charge in [0, 0.05) is 38.1 Å². The lowest BCUT2D eigenvalue weighted by atomic mass is 10.2. The summed E-state index contributed by atoms with van der Waals surface area (Å²) in [5.41, 5.74) is 8.40. The molecule has 0 unspecified atom stereocenters. The van der Waals surface area contributed by atoms with Gasteiger partial charge in [-0.3, -0.25) is 14.5 Å². The normalized spacial score (nSPS) is 10.9. The van der Waals surface area contributed by atoms with E-state index in [4.69, 9.17) is 5.73 Å². The molecule has 0 bridgehead atoms. The van der Waals surface area contributed by atoms with Crippen molar-refractivity contribution in [3.05, 3.63) is 55.0 Å². The first-order chi connectivity index (χ1) is 14.7. The minimum absolute atomic E-state index is 0.175. The smallest absolute Gasteiger partial charge is 0.250 e. The zero-order valence-electron chi connectivity index (χ0n) is 18.6. The first-order valence-electron chi connectivity index (χ1n) is 9.60. The fourth-order valence-corrected chi connectivity index (χ4v) is 2.76. The van der Waals surface area contributed by atoms with Crippen LogP contribution in [0.4, 0.5) is 28.7 Å². The van der Waals surface area contributed by atoms with Crippen LogP contribution in [0.25, 0.3) is 0 Å². The van der Waals surface area contributed by atoms with Gasteiger partial charge < -0.3 is 20.4 Å². The number of aromatic nitrogens is 2. The molecule has 0 atom stereocenters. The molecule has 2 rings (SSSR count). The van der Waals surface area contributed by atoms with E-state index in [0.29, 0.717) is 41.5 Å². The molecular weight excluding hydrogens is 394 g/mol. The van der Waals surface area contributed by atoms with Gasteiger partial charge in [-0.2, -0.15) is 0 Å². The molecule has 0 saturated heterocycles. The van der Waals surface area contributed by atoms with Crippen LogP contribution in [0.2, 0.25) is 0 Å². The van der Waals surface area contributed by atoms with Gasteiger partial charge in [0.25, 0.3) is 0 Å². The van der Waals surface area contributed by atoms with Crippen molar-refractivity contribution in [1.82, 2.24) is 14.9 Å². The first kappa shape index (κ1) is 23.6. The number of carbonyl (C=O) groups is 2. The highest BCUT2D eigenvalue weighted by Crippen LogP contribution is 2.36. The maximum Gasteiger partial charge on any atom is 0.250 e. The minimum atomic E-state index is -0.175. The maximum absolute atomic E-state index is 12.5. The SMILES string of the molecule is C=C(C)N(C)c1c(N)ncnc1N(C=O)c1cccc(N(C)C(=O)/C=C/CN(C)C)c1. The van der Waals surface area contributed by atoms with E-state index in [1.165, 1.54) is 22.2 Å². The van der Waals surface area contributed by atoms with Crippen molar-refractivity contribution in [1.29, 1.82) is 0 Å². The Kier molecular flexibility index (Phi) is 7.87. The third-order valence-corrected chi connectivity index (χ3v) is 4.63. The summed E-state index contributed by atoms with van der Waals surface area (Å²) in [6.07, 6.45) is 5.26. The lowest BCUT2D eigenvalue weighted by molar-refractivity contribution is -0.114. The molecule has 31 heavy (non-hydrogen) atoms. The van der Waals surface area contributed by atoms with Crippen LogP contribution in [-0.2, 0) is 9.59 Å². The molecule has 0 saturated carbocycles. The number of rotatable bonds is 9. The number of anilines is 5. The molecule has 0 radical (unpaired) electrons. The van der Waals surface area contributed by atoms with Gasteiger partial charge >= 0.3 is 0 Å². The van der Waals surface area contributed by atoms with Gasteiger partial charge in [0.2, 0.25) is 12.3 Å². The fourth-order valence-electron chi connectivity index (χ4n) is 2.76. The zero-order chi connectivity index (χ0) is 23.1. The Labute approximate surface area is 183 Å². The Morgan fingerprint density at radius 2 is 1.81 bits per heavy atom. The van der Waals surface area contributed by atoms with Gasteiger partial charge in [0.05, 0.1) is 5.69 Å². The number of benzene rings is 1. The second kappa shape index (κ2) is 10.4.